The fourth-order valence-electron chi connectivity index (χ4n) is 3.08. The highest BCUT2D eigenvalue weighted by atomic mass is 16.2. The van der Waals surface area contributed by atoms with E-state index in [4.69, 9.17) is 0 Å². The summed E-state index contributed by atoms with van der Waals surface area (Å²) in [7, 11) is 1.98. The molecule has 3 heteroatoms. The lowest BCUT2D eigenvalue weighted by atomic mass is 9.93. The first-order valence-corrected chi connectivity index (χ1v) is 7.62. The Kier molecular flexibility index (Phi) is 5.18. The molecule has 1 heterocycles. The minimum atomic E-state index is 0.290. The highest BCUT2D eigenvalue weighted by Crippen LogP contribution is 2.24. The number of aryl methyl sites for hydroxylation is 1. The van der Waals surface area contributed by atoms with Gasteiger partial charge in [-0.15, -0.1) is 0 Å². The second-order valence-electron chi connectivity index (χ2n) is 5.93. The number of hydrogen-bond acceptors (Lipinski definition) is 2. The van der Waals surface area contributed by atoms with Crippen molar-refractivity contribution < 1.29 is 4.79 Å². The van der Waals surface area contributed by atoms with E-state index in [0.29, 0.717) is 24.3 Å². The van der Waals surface area contributed by atoms with Crippen LogP contribution < -0.4 is 5.32 Å². The summed E-state index contributed by atoms with van der Waals surface area (Å²) < 4.78 is 0. The van der Waals surface area contributed by atoms with Crippen molar-refractivity contribution in [1.29, 1.82) is 0 Å². The van der Waals surface area contributed by atoms with Gasteiger partial charge < -0.3 is 10.2 Å². The average molecular weight is 274 g/mol. The molecule has 1 aliphatic heterocycles. The van der Waals surface area contributed by atoms with E-state index in [1.165, 1.54) is 17.5 Å². The van der Waals surface area contributed by atoms with Gasteiger partial charge in [-0.3, -0.25) is 4.79 Å². The van der Waals surface area contributed by atoms with Gasteiger partial charge in [0.25, 0.3) is 0 Å². The lowest BCUT2D eigenvalue weighted by molar-refractivity contribution is -0.132. The second kappa shape index (κ2) is 6.89. The third-order valence-corrected chi connectivity index (χ3v) is 4.38. The molecule has 0 saturated carbocycles. The first kappa shape index (κ1) is 15.0. The van der Waals surface area contributed by atoms with Crippen LogP contribution >= 0.6 is 0 Å². The third kappa shape index (κ3) is 3.60. The van der Waals surface area contributed by atoms with Gasteiger partial charge in [0.2, 0.25) is 5.91 Å². The molecule has 0 aliphatic carbocycles. The highest BCUT2D eigenvalue weighted by molar-refractivity contribution is 5.77. The fourth-order valence-corrected chi connectivity index (χ4v) is 3.08. The molecule has 1 fully saturated rings. The topological polar surface area (TPSA) is 32.3 Å². The first-order valence-electron chi connectivity index (χ1n) is 7.62. The zero-order valence-corrected chi connectivity index (χ0v) is 12.9. The Bertz CT molecular complexity index is 458. The van der Waals surface area contributed by atoms with Gasteiger partial charge in [0, 0.05) is 25.6 Å². The largest absolute Gasteiger partial charge is 0.341 e. The van der Waals surface area contributed by atoms with E-state index in [1.54, 1.807) is 0 Å². The Morgan fingerprint density at radius 2 is 2.20 bits per heavy atom. The van der Waals surface area contributed by atoms with Crippen LogP contribution in [0.5, 0.6) is 0 Å². The van der Waals surface area contributed by atoms with E-state index >= 15 is 0 Å². The van der Waals surface area contributed by atoms with E-state index in [0.717, 1.165) is 19.5 Å². The van der Waals surface area contributed by atoms with Gasteiger partial charge in [-0.05, 0) is 43.9 Å². The number of carbonyl (C=O) groups is 1. The normalized spacial score (nSPS) is 20.8. The molecule has 0 bridgehead atoms. The van der Waals surface area contributed by atoms with Gasteiger partial charge in [-0.25, -0.2) is 0 Å². The number of likely N-dealkylation sites (N-methyl/N-ethyl adjacent to an activating group) is 1. The molecule has 0 unspecified atom stereocenters. The monoisotopic (exact) mass is 274 g/mol. The Hall–Kier alpha value is -1.35. The summed E-state index contributed by atoms with van der Waals surface area (Å²) in [5.41, 5.74) is 2.57. The molecular formula is C17H26N2O. The lowest BCUT2D eigenvalue weighted by Crippen LogP contribution is -2.47. The fraction of sp³-hybridized carbons (Fsp3) is 0.588. The molecule has 1 aromatic rings. The zero-order chi connectivity index (χ0) is 14.5. The average Bonchev–Trinajstić information content (AvgIpc) is 2.47. The number of piperidine rings is 1. The van der Waals surface area contributed by atoms with Gasteiger partial charge in [0.1, 0.15) is 0 Å². The molecule has 1 aliphatic rings. The van der Waals surface area contributed by atoms with Crippen molar-refractivity contribution >= 4 is 5.91 Å². The van der Waals surface area contributed by atoms with E-state index in [9.17, 15) is 4.79 Å². The zero-order valence-electron chi connectivity index (χ0n) is 12.9. The molecule has 1 amide bonds. The maximum Gasteiger partial charge on any atom is 0.223 e. The molecule has 2 rings (SSSR count). The van der Waals surface area contributed by atoms with E-state index < -0.39 is 0 Å². The van der Waals surface area contributed by atoms with Crippen molar-refractivity contribution in [2.24, 2.45) is 0 Å². The number of carbonyl (C=O) groups excluding carboxylic acids is 1. The van der Waals surface area contributed by atoms with Crippen LogP contribution in [0.1, 0.15) is 43.2 Å². The number of hydrogen-bond donors (Lipinski definition) is 1. The van der Waals surface area contributed by atoms with Crippen molar-refractivity contribution in [3.63, 3.8) is 0 Å². The van der Waals surface area contributed by atoms with Crippen molar-refractivity contribution in [3.05, 3.63) is 35.4 Å². The number of benzene rings is 1. The smallest absolute Gasteiger partial charge is 0.223 e. The maximum absolute atomic E-state index is 12.5. The first-order chi connectivity index (χ1) is 9.61. The van der Waals surface area contributed by atoms with Crippen molar-refractivity contribution in [3.8, 4) is 0 Å². The number of nitrogens with one attached hydrogen (secondary N) is 1. The minimum absolute atomic E-state index is 0.290. The Morgan fingerprint density at radius 1 is 1.45 bits per heavy atom. The Morgan fingerprint density at radius 3 is 2.90 bits per heavy atom. The standard InChI is InChI=1S/C17H26N2O/c1-13-7-4-5-9-16(13)14(2)11-17(20)19-10-6-8-15(12-19)18-3/h4-5,7,9,14-15,18H,6,8,10-12H2,1-3H3/t14-,15+/m1/s1. The van der Waals surface area contributed by atoms with Crippen LogP contribution in [-0.2, 0) is 4.79 Å². The second-order valence-corrected chi connectivity index (χ2v) is 5.93. The summed E-state index contributed by atoms with van der Waals surface area (Å²) >= 11 is 0. The summed E-state index contributed by atoms with van der Waals surface area (Å²) in [6.45, 7) is 6.04. The molecule has 0 aromatic heterocycles. The molecule has 0 radical (unpaired) electrons. The number of nitrogens with zero attached hydrogens (tertiary/aromatic N) is 1. The molecule has 20 heavy (non-hydrogen) atoms. The predicted octanol–water partition coefficient (Wildman–Crippen LogP) is 2.70. The molecular weight excluding hydrogens is 248 g/mol. The summed E-state index contributed by atoms with van der Waals surface area (Å²) in [6.07, 6.45) is 2.89. The SMILES string of the molecule is CN[C@H]1CCCN(C(=O)C[C@@H](C)c2ccccc2C)C1. The number of likely N-dealkylation sites (tertiary alicyclic amines) is 1. The van der Waals surface area contributed by atoms with Crippen LogP contribution in [0.25, 0.3) is 0 Å². The van der Waals surface area contributed by atoms with Crippen molar-refractivity contribution in [2.75, 3.05) is 20.1 Å². The van der Waals surface area contributed by atoms with Crippen LogP contribution in [0.4, 0.5) is 0 Å². The van der Waals surface area contributed by atoms with Gasteiger partial charge in [-0.2, -0.15) is 0 Å². The molecule has 2 atom stereocenters. The van der Waals surface area contributed by atoms with E-state index in [-0.39, 0.29) is 0 Å². The van der Waals surface area contributed by atoms with Crippen molar-refractivity contribution in [1.82, 2.24) is 10.2 Å². The molecule has 3 nitrogen and oxygen atoms in total. The van der Waals surface area contributed by atoms with Crippen LogP contribution in [0.15, 0.2) is 24.3 Å². The van der Waals surface area contributed by atoms with Crippen LogP contribution in [-0.4, -0.2) is 37.0 Å². The Labute approximate surface area is 122 Å². The molecule has 1 aromatic carbocycles. The van der Waals surface area contributed by atoms with Gasteiger partial charge in [0.05, 0.1) is 0 Å². The number of rotatable bonds is 4. The quantitative estimate of drug-likeness (QED) is 0.915. The maximum atomic E-state index is 12.5. The highest BCUT2D eigenvalue weighted by Gasteiger charge is 2.24. The third-order valence-electron chi connectivity index (χ3n) is 4.38. The van der Waals surface area contributed by atoms with Gasteiger partial charge in [-0.1, -0.05) is 31.2 Å². The van der Waals surface area contributed by atoms with Crippen LogP contribution in [0.2, 0.25) is 0 Å². The summed E-state index contributed by atoms with van der Waals surface area (Å²) in [5, 5.41) is 3.29. The van der Waals surface area contributed by atoms with Gasteiger partial charge >= 0.3 is 0 Å². The van der Waals surface area contributed by atoms with Crippen LogP contribution in [0, 0.1) is 6.92 Å². The number of amides is 1. The van der Waals surface area contributed by atoms with Crippen LogP contribution in [0.3, 0.4) is 0 Å². The van der Waals surface area contributed by atoms with E-state index in [2.05, 4.69) is 43.4 Å². The molecule has 1 saturated heterocycles. The minimum Gasteiger partial charge on any atom is -0.341 e. The van der Waals surface area contributed by atoms with Gasteiger partial charge in [0.15, 0.2) is 0 Å². The predicted molar refractivity (Wildman–Crippen MR) is 82.9 cm³/mol. The van der Waals surface area contributed by atoms with Crippen molar-refractivity contribution in [2.45, 2.75) is 45.1 Å². The molecule has 1 N–H and O–H groups in total. The molecule has 110 valence electrons. The summed E-state index contributed by atoms with van der Waals surface area (Å²) in [6, 6.07) is 8.83. The summed E-state index contributed by atoms with van der Waals surface area (Å²) in [5.74, 6) is 0.583. The summed E-state index contributed by atoms with van der Waals surface area (Å²) in [4.78, 5) is 14.5. The Balaban J connectivity index is 1.95. The lowest BCUT2D eigenvalue weighted by Gasteiger charge is -2.33. The van der Waals surface area contributed by atoms with E-state index in [1.807, 2.05) is 11.9 Å². The molecule has 0 spiro atoms.